The molecule has 23 heavy (non-hydrogen) atoms. The summed E-state index contributed by atoms with van der Waals surface area (Å²) in [5.74, 6) is -0.691. The first-order valence-corrected chi connectivity index (χ1v) is 8.12. The van der Waals surface area contributed by atoms with Crippen LogP contribution in [0, 0.1) is 11.3 Å². The fourth-order valence-corrected chi connectivity index (χ4v) is 4.30. The highest BCUT2D eigenvalue weighted by atomic mass is 16.4. The van der Waals surface area contributed by atoms with Crippen LogP contribution in [0.25, 0.3) is 10.8 Å². The first-order chi connectivity index (χ1) is 11.1. The van der Waals surface area contributed by atoms with Crippen LogP contribution in [0.5, 0.6) is 0 Å². The molecule has 0 aromatic heterocycles. The van der Waals surface area contributed by atoms with Crippen LogP contribution in [0.2, 0.25) is 0 Å². The quantitative estimate of drug-likeness (QED) is 0.927. The van der Waals surface area contributed by atoms with Gasteiger partial charge in [-0.3, -0.25) is 9.59 Å². The molecule has 1 aliphatic carbocycles. The van der Waals surface area contributed by atoms with E-state index < -0.39 is 11.4 Å². The average Bonchev–Trinajstić information content (AvgIpc) is 3.12. The largest absolute Gasteiger partial charge is 0.481 e. The second-order valence-electron chi connectivity index (χ2n) is 6.80. The van der Waals surface area contributed by atoms with Gasteiger partial charge in [0.1, 0.15) is 0 Å². The van der Waals surface area contributed by atoms with Gasteiger partial charge in [0.05, 0.1) is 5.41 Å². The van der Waals surface area contributed by atoms with Crippen molar-refractivity contribution in [1.82, 2.24) is 4.90 Å². The molecule has 1 saturated heterocycles. The summed E-state index contributed by atoms with van der Waals surface area (Å²) in [6, 6.07) is 13.6. The minimum absolute atomic E-state index is 0.0502. The molecular formula is C19H19NO3. The zero-order valence-corrected chi connectivity index (χ0v) is 12.9. The summed E-state index contributed by atoms with van der Waals surface area (Å²) >= 11 is 0. The maximum absolute atomic E-state index is 12.8. The molecule has 118 valence electrons. The van der Waals surface area contributed by atoms with E-state index in [1.54, 1.807) is 4.90 Å². The Bertz CT molecular complexity index is 800. The van der Waals surface area contributed by atoms with Gasteiger partial charge < -0.3 is 10.0 Å². The number of rotatable bonds is 2. The zero-order chi connectivity index (χ0) is 16.0. The van der Waals surface area contributed by atoms with E-state index in [-0.39, 0.29) is 11.8 Å². The van der Waals surface area contributed by atoms with Gasteiger partial charge in [0.25, 0.3) is 5.91 Å². The molecule has 0 spiro atoms. The molecule has 2 aromatic rings. The van der Waals surface area contributed by atoms with E-state index in [0.29, 0.717) is 25.1 Å². The van der Waals surface area contributed by atoms with E-state index in [2.05, 4.69) is 0 Å². The Balaban J connectivity index is 1.63. The monoisotopic (exact) mass is 309 g/mol. The van der Waals surface area contributed by atoms with Gasteiger partial charge in [-0.15, -0.1) is 0 Å². The molecule has 1 N–H and O–H groups in total. The second-order valence-corrected chi connectivity index (χ2v) is 6.80. The Kier molecular flexibility index (Phi) is 3.15. The Morgan fingerprint density at radius 3 is 2.65 bits per heavy atom. The molecule has 4 heteroatoms. The van der Waals surface area contributed by atoms with Crippen molar-refractivity contribution in [3.63, 3.8) is 0 Å². The van der Waals surface area contributed by atoms with Crippen LogP contribution in [0.15, 0.2) is 42.5 Å². The molecule has 1 saturated carbocycles. The van der Waals surface area contributed by atoms with Gasteiger partial charge in [0.2, 0.25) is 0 Å². The Labute approximate surface area is 134 Å². The van der Waals surface area contributed by atoms with Crippen molar-refractivity contribution in [2.75, 3.05) is 13.1 Å². The molecule has 1 heterocycles. The number of carboxylic acids is 1. The topological polar surface area (TPSA) is 57.6 Å². The summed E-state index contributed by atoms with van der Waals surface area (Å²) in [5, 5.41) is 11.8. The summed E-state index contributed by atoms with van der Waals surface area (Å²) in [4.78, 5) is 26.3. The standard InChI is InChI=1S/C19H19NO3/c21-17(15-8-7-13-4-1-2-5-14(13)10-15)20-11-16-6-3-9-19(16,12-20)18(22)23/h1-2,4-5,7-8,10,16H,3,6,9,11-12H2,(H,22,23)/t16-,19+/m0/s1. The minimum atomic E-state index is -0.742. The van der Waals surface area contributed by atoms with E-state index in [4.69, 9.17) is 0 Å². The van der Waals surface area contributed by atoms with Gasteiger partial charge in [0, 0.05) is 18.7 Å². The fraction of sp³-hybridized carbons (Fsp3) is 0.368. The number of aliphatic carboxylic acids is 1. The summed E-state index contributed by atoms with van der Waals surface area (Å²) < 4.78 is 0. The normalized spacial score (nSPS) is 26.4. The highest BCUT2D eigenvalue weighted by molar-refractivity contribution is 5.99. The van der Waals surface area contributed by atoms with Crippen LogP contribution >= 0.6 is 0 Å². The summed E-state index contributed by atoms with van der Waals surface area (Å²) in [6.45, 7) is 0.913. The second kappa shape index (κ2) is 5.08. The summed E-state index contributed by atoms with van der Waals surface area (Å²) in [7, 11) is 0. The molecule has 4 rings (SSSR count). The number of carboxylic acid groups (broad SMARTS) is 1. The van der Waals surface area contributed by atoms with Crippen molar-refractivity contribution in [2.24, 2.45) is 11.3 Å². The van der Waals surface area contributed by atoms with Gasteiger partial charge in [0.15, 0.2) is 0 Å². The van der Waals surface area contributed by atoms with Crippen LogP contribution in [0.4, 0.5) is 0 Å². The van der Waals surface area contributed by atoms with Crippen molar-refractivity contribution < 1.29 is 14.7 Å². The summed E-state index contributed by atoms with van der Waals surface area (Å²) in [6.07, 6.45) is 2.55. The lowest BCUT2D eigenvalue weighted by Crippen LogP contribution is -2.37. The van der Waals surface area contributed by atoms with Crippen LogP contribution in [0.1, 0.15) is 29.6 Å². The van der Waals surface area contributed by atoms with Crippen molar-refractivity contribution >= 4 is 22.6 Å². The number of hydrogen-bond donors (Lipinski definition) is 1. The number of likely N-dealkylation sites (tertiary alicyclic amines) is 1. The molecule has 0 radical (unpaired) electrons. The SMILES string of the molecule is O=C(c1ccc2ccccc2c1)N1C[C@@H]2CCC[C@@]2(C(=O)O)C1. The third-order valence-electron chi connectivity index (χ3n) is 5.58. The zero-order valence-electron chi connectivity index (χ0n) is 12.9. The van der Waals surface area contributed by atoms with E-state index >= 15 is 0 Å². The number of nitrogens with zero attached hydrogens (tertiary/aromatic N) is 1. The molecular weight excluding hydrogens is 290 g/mol. The number of amides is 1. The minimum Gasteiger partial charge on any atom is -0.481 e. The molecule has 2 aliphatic rings. The van der Waals surface area contributed by atoms with Crippen LogP contribution in [-0.4, -0.2) is 35.0 Å². The number of benzene rings is 2. The smallest absolute Gasteiger partial charge is 0.311 e. The maximum atomic E-state index is 12.8. The molecule has 2 atom stereocenters. The first-order valence-electron chi connectivity index (χ1n) is 8.12. The lowest BCUT2D eigenvalue weighted by molar-refractivity contribution is -0.149. The van der Waals surface area contributed by atoms with Crippen molar-refractivity contribution in [2.45, 2.75) is 19.3 Å². The van der Waals surface area contributed by atoms with Gasteiger partial charge in [-0.05, 0) is 41.7 Å². The lowest BCUT2D eigenvalue weighted by Gasteiger charge is -2.23. The van der Waals surface area contributed by atoms with Crippen molar-refractivity contribution in [3.8, 4) is 0 Å². The highest BCUT2D eigenvalue weighted by Crippen LogP contribution is 2.49. The maximum Gasteiger partial charge on any atom is 0.311 e. The molecule has 1 amide bonds. The molecule has 2 aromatic carbocycles. The van der Waals surface area contributed by atoms with E-state index in [1.807, 2.05) is 42.5 Å². The van der Waals surface area contributed by atoms with E-state index in [0.717, 1.165) is 23.6 Å². The third-order valence-corrected chi connectivity index (χ3v) is 5.58. The Morgan fingerprint density at radius 2 is 1.91 bits per heavy atom. The van der Waals surface area contributed by atoms with E-state index in [1.165, 1.54) is 0 Å². The van der Waals surface area contributed by atoms with Crippen LogP contribution in [-0.2, 0) is 4.79 Å². The number of hydrogen-bond acceptors (Lipinski definition) is 2. The third kappa shape index (κ3) is 2.12. The molecule has 4 nitrogen and oxygen atoms in total. The van der Waals surface area contributed by atoms with Gasteiger partial charge >= 0.3 is 5.97 Å². The summed E-state index contributed by atoms with van der Waals surface area (Å²) in [5.41, 5.74) is -0.0730. The predicted molar refractivity (Wildman–Crippen MR) is 87.3 cm³/mol. The van der Waals surface area contributed by atoms with Crippen molar-refractivity contribution in [3.05, 3.63) is 48.0 Å². The average molecular weight is 309 g/mol. The van der Waals surface area contributed by atoms with Gasteiger partial charge in [-0.1, -0.05) is 36.8 Å². The Morgan fingerprint density at radius 1 is 1.13 bits per heavy atom. The molecule has 1 aliphatic heterocycles. The first kappa shape index (κ1) is 14.2. The lowest BCUT2D eigenvalue weighted by atomic mass is 9.81. The van der Waals surface area contributed by atoms with Crippen LogP contribution in [0.3, 0.4) is 0 Å². The number of carbonyl (C=O) groups is 2. The number of carbonyl (C=O) groups excluding carboxylic acids is 1. The molecule has 0 bridgehead atoms. The fourth-order valence-electron chi connectivity index (χ4n) is 4.30. The predicted octanol–water partition coefficient (Wildman–Crippen LogP) is 3.17. The Hall–Kier alpha value is -2.36. The van der Waals surface area contributed by atoms with Gasteiger partial charge in [-0.2, -0.15) is 0 Å². The number of fused-ring (bicyclic) bond motifs is 2. The van der Waals surface area contributed by atoms with Crippen LogP contribution < -0.4 is 0 Å². The highest BCUT2D eigenvalue weighted by Gasteiger charge is 2.55. The molecule has 2 fully saturated rings. The van der Waals surface area contributed by atoms with Gasteiger partial charge in [-0.25, -0.2) is 0 Å². The van der Waals surface area contributed by atoms with Crippen molar-refractivity contribution in [1.29, 1.82) is 0 Å². The van der Waals surface area contributed by atoms with E-state index in [9.17, 15) is 14.7 Å². The molecule has 0 unspecified atom stereocenters.